The topological polar surface area (TPSA) is 79.3 Å². The minimum absolute atomic E-state index is 0.0660. The van der Waals surface area contributed by atoms with Gasteiger partial charge in [-0.3, -0.25) is 4.79 Å². The lowest BCUT2D eigenvalue weighted by Crippen LogP contribution is -2.47. The van der Waals surface area contributed by atoms with Crippen molar-refractivity contribution in [3.05, 3.63) is 63.9 Å². The fraction of sp³-hybridized carbons (Fsp3) is 0.348. The number of hydrogen-bond acceptors (Lipinski definition) is 4. The van der Waals surface area contributed by atoms with Crippen molar-refractivity contribution in [1.29, 1.82) is 0 Å². The maximum absolute atomic E-state index is 12.8. The molecule has 2 amide bonds. The summed E-state index contributed by atoms with van der Waals surface area (Å²) in [4.78, 5) is 31.8. The Morgan fingerprint density at radius 2 is 1.83 bits per heavy atom. The van der Waals surface area contributed by atoms with Crippen molar-refractivity contribution in [1.82, 2.24) is 14.9 Å². The fourth-order valence-electron chi connectivity index (χ4n) is 4.00. The molecule has 7 nitrogen and oxygen atoms in total. The Morgan fingerprint density at radius 3 is 2.57 bits per heavy atom. The number of carbonyl (C=O) groups excluding carboxylic acids is 1. The van der Waals surface area contributed by atoms with Crippen LogP contribution in [0.1, 0.15) is 24.0 Å². The lowest BCUT2D eigenvalue weighted by atomic mass is 10.1. The number of piperidine rings is 1. The number of carbonyl (C=O) groups is 1. The highest BCUT2D eigenvalue weighted by Gasteiger charge is 2.24. The van der Waals surface area contributed by atoms with Gasteiger partial charge in [0.1, 0.15) is 0 Å². The monoisotopic (exact) mass is 405 g/mol. The van der Waals surface area contributed by atoms with Crippen LogP contribution < -0.4 is 21.1 Å². The quantitative estimate of drug-likeness (QED) is 0.700. The highest BCUT2D eigenvalue weighted by atomic mass is 16.2. The first-order valence-corrected chi connectivity index (χ1v) is 10.3. The molecule has 1 saturated heterocycles. The van der Waals surface area contributed by atoms with Gasteiger partial charge in [-0.25, -0.2) is 9.78 Å². The summed E-state index contributed by atoms with van der Waals surface area (Å²) in [5, 5.41) is 5.99. The summed E-state index contributed by atoms with van der Waals surface area (Å²) < 4.78 is 1.65. The van der Waals surface area contributed by atoms with Gasteiger partial charge in [-0.15, -0.1) is 0 Å². The standard InChI is InChI=1S/C23H27N5O2/c1-15-8-9-18(16(2)14-15)26-23(30)24-17-10-12-28(13-11-17)21-22(29)27(3)20-7-5-4-6-19(20)25-21/h4-9,14,17H,10-13H2,1-3H3,(H2,24,26,30). The van der Waals surface area contributed by atoms with Crippen LogP contribution in [0, 0.1) is 13.8 Å². The molecule has 2 N–H and O–H groups in total. The van der Waals surface area contributed by atoms with Gasteiger partial charge in [0.2, 0.25) is 0 Å². The molecule has 1 aromatic heterocycles. The average Bonchev–Trinajstić information content (AvgIpc) is 2.73. The molecule has 0 bridgehead atoms. The van der Waals surface area contributed by atoms with Crippen LogP contribution in [-0.2, 0) is 7.05 Å². The number of urea groups is 1. The van der Waals surface area contributed by atoms with Gasteiger partial charge in [0, 0.05) is 31.9 Å². The van der Waals surface area contributed by atoms with Gasteiger partial charge in [-0.1, -0.05) is 29.8 Å². The van der Waals surface area contributed by atoms with Crippen molar-refractivity contribution >= 4 is 28.6 Å². The first-order chi connectivity index (χ1) is 14.4. The molecule has 1 aliphatic rings. The molecule has 1 fully saturated rings. The average molecular weight is 406 g/mol. The number of nitrogens with one attached hydrogen (secondary N) is 2. The SMILES string of the molecule is Cc1ccc(NC(=O)NC2CCN(c3nc4ccccc4n(C)c3=O)CC2)c(C)c1. The van der Waals surface area contributed by atoms with E-state index in [-0.39, 0.29) is 17.6 Å². The normalized spacial score (nSPS) is 14.7. The maximum atomic E-state index is 12.8. The Balaban J connectivity index is 1.39. The van der Waals surface area contributed by atoms with E-state index in [4.69, 9.17) is 0 Å². The van der Waals surface area contributed by atoms with Crippen LogP contribution in [0.2, 0.25) is 0 Å². The van der Waals surface area contributed by atoms with E-state index in [0.29, 0.717) is 18.9 Å². The van der Waals surface area contributed by atoms with Crippen molar-refractivity contribution in [2.24, 2.45) is 7.05 Å². The molecule has 1 aliphatic heterocycles. The van der Waals surface area contributed by atoms with Gasteiger partial charge in [-0.2, -0.15) is 0 Å². The number of anilines is 2. The molecule has 2 heterocycles. The number of hydrogen-bond donors (Lipinski definition) is 2. The lowest BCUT2D eigenvalue weighted by molar-refractivity contribution is 0.246. The summed E-state index contributed by atoms with van der Waals surface area (Å²) in [5.74, 6) is 0.481. The number of fused-ring (bicyclic) bond motifs is 1. The second-order valence-electron chi connectivity index (χ2n) is 7.97. The molecular formula is C23H27N5O2. The summed E-state index contributed by atoms with van der Waals surface area (Å²) in [5.41, 5.74) is 4.57. The highest BCUT2D eigenvalue weighted by molar-refractivity contribution is 5.90. The molecule has 0 atom stereocenters. The van der Waals surface area contributed by atoms with Crippen molar-refractivity contribution in [3.8, 4) is 0 Å². The summed E-state index contributed by atoms with van der Waals surface area (Å²) in [6.45, 7) is 5.37. The van der Waals surface area contributed by atoms with Crippen LogP contribution in [0.3, 0.4) is 0 Å². The van der Waals surface area contributed by atoms with Crippen LogP contribution in [0.25, 0.3) is 11.0 Å². The second kappa shape index (κ2) is 8.18. The van der Waals surface area contributed by atoms with Crippen LogP contribution in [0.15, 0.2) is 47.3 Å². The summed E-state index contributed by atoms with van der Waals surface area (Å²) >= 11 is 0. The molecule has 0 radical (unpaired) electrons. The molecule has 30 heavy (non-hydrogen) atoms. The summed E-state index contributed by atoms with van der Waals surface area (Å²) in [7, 11) is 1.78. The predicted octanol–water partition coefficient (Wildman–Crippen LogP) is 3.34. The third kappa shape index (κ3) is 4.01. The Bertz CT molecular complexity index is 1150. The molecule has 0 unspecified atom stereocenters. The molecule has 0 spiro atoms. The van der Waals surface area contributed by atoms with Gasteiger partial charge in [0.05, 0.1) is 11.0 Å². The number of aryl methyl sites for hydroxylation is 3. The zero-order valence-corrected chi connectivity index (χ0v) is 17.6. The zero-order chi connectivity index (χ0) is 21.3. The van der Waals surface area contributed by atoms with E-state index in [9.17, 15) is 9.59 Å². The van der Waals surface area contributed by atoms with Gasteiger partial charge in [-0.05, 0) is 50.5 Å². The summed E-state index contributed by atoms with van der Waals surface area (Å²) in [6.07, 6.45) is 1.52. The Morgan fingerprint density at radius 1 is 1.10 bits per heavy atom. The van der Waals surface area contributed by atoms with Gasteiger partial charge >= 0.3 is 6.03 Å². The van der Waals surface area contributed by atoms with Crippen molar-refractivity contribution < 1.29 is 4.79 Å². The number of rotatable bonds is 3. The molecule has 2 aromatic carbocycles. The van der Waals surface area contributed by atoms with Crippen LogP contribution >= 0.6 is 0 Å². The van der Waals surface area contributed by atoms with Crippen LogP contribution in [-0.4, -0.2) is 34.7 Å². The van der Waals surface area contributed by atoms with E-state index in [2.05, 4.69) is 15.6 Å². The fourth-order valence-corrected chi connectivity index (χ4v) is 4.00. The Kier molecular flexibility index (Phi) is 5.44. The van der Waals surface area contributed by atoms with Gasteiger partial charge in [0.15, 0.2) is 5.82 Å². The Hall–Kier alpha value is -3.35. The van der Waals surface area contributed by atoms with Crippen LogP contribution in [0.4, 0.5) is 16.3 Å². The first kappa shape index (κ1) is 19.9. The van der Waals surface area contributed by atoms with E-state index >= 15 is 0 Å². The maximum Gasteiger partial charge on any atom is 0.319 e. The van der Waals surface area contributed by atoms with Crippen LogP contribution in [0.5, 0.6) is 0 Å². The number of nitrogens with zero attached hydrogens (tertiary/aromatic N) is 3. The Labute approximate surface area is 175 Å². The molecule has 156 valence electrons. The number of amides is 2. The lowest BCUT2D eigenvalue weighted by Gasteiger charge is -2.33. The zero-order valence-electron chi connectivity index (χ0n) is 17.6. The molecule has 0 saturated carbocycles. The van der Waals surface area contributed by atoms with E-state index < -0.39 is 0 Å². The minimum Gasteiger partial charge on any atom is -0.352 e. The largest absolute Gasteiger partial charge is 0.352 e. The molecule has 3 aromatic rings. The summed E-state index contributed by atoms with van der Waals surface area (Å²) in [6, 6.07) is 13.5. The number of benzene rings is 2. The van der Waals surface area contributed by atoms with Crippen molar-refractivity contribution in [2.45, 2.75) is 32.7 Å². The van der Waals surface area contributed by atoms with Crippen molar-refractivity contribution in [3.63, 3.8) is 0 Å². The first-order valence-electron chi connectivity index (χ1n) is 10.3. The number of para-hydroxylation sites is 2. The van der Waals surface area contributed by atoms with E-state index in [1.54, 1.807) is 11.6 Å². The van der Waals surface area contributed by atoms with E-state index in [0.717, 1.165) is 35.1 Å². The predicted molar refractivity (Wildman–Crippen MR) is 120 cm³/mol. The third-order valence-corrected chi connectivity index (χ3v) is 5.73. The highest BCUT2D eigenvalue weighted by Crippen LogP contribution is 2.19. The van der Waals surface area contributed by atoms with E-state index in [1.807, 2.05) is 61.2 Å². The molecule has 0 aliphatic carbocycles. The smallest absolute Gasteiger partial charge is 0.319 e. The minimum atomic E-state index is -0.194. The second-order valence-corrected chi connectivity index (χ2v) is 7.97. The van der Waals surface area contributed by atoms with Gasteiger partial charge < -0.3 is 20.1 Å². The number of aromatic nitrogens is 2. The molecule has 7 heteroatoms. The molecule has 4 rings (SSSR count). The van der Waals surface area contributed by atoms with Crippen molar-refractivity contribution in [2.75, 3.05) is 23.3 Å². The molecular weight excluding hydrogens is 378 g/mol. The van der Waals surface area contributed by atoms with Gasteiger partial charge in [0.25, 0.3) is 5.56 Å². The van der Waals surface area contributed by atoms with E-state index in [1.165, 1.54) is 5.56 Å². The third-order valence-electron chi connectivity index (χ3n) is 5.73.